The highest BCUT2D eigenvalue weighted by Crippen LogP contribution is 2.33. The van der Waals surface area contributed by atoms with Gasteiger partial charge in [0.05, 0.1) is 29.5 Å². The molecule has 1 aliphatic heterocycles. The third-order valence-corrected chi connectivity index (χ3v) is 8.47. The second-order valence-electron chi connectivity index (χ2n) is 10.0. The summed E-state index contributed by atoms with van der Waals surface area (Å²) in [6.07, 6.45) is 4.18. The zero-order valence-electron chi connectivity index (χ0n) is 23.0. The Morgan fingerprint density at radius 1 is 1.18 bits per heavy atom. The number of amides is 1. The van der Waals surface area contributed by atoms with Crippen molar-refractivity contribution >= 4 is 34.8 Å². The highest BCUT2D eigenvalue weighted by Gasteiger charge is 2.31. The minimum absolute atomic E-state index is 0.0743. The first-order valence-electron chi connectivity index (χ1n) is 13.7. The number of thiazole rings is 1. The van der Waals surface area contributed by atoms with Crippen molar-refractivity contribution in [1.82, 2.24) is 19.4 Å². The fraction of sp³-hybridized carbons (Fsp3) is 0.355. The number of benzene rings is 1. The van der Waals surface area contributed by atoms with Gasteiger partial charge in [0.15, 0.2) is 0 Å². The number of carbonyl (C=O) groups is 2. The predicted molar refractivity (Wildman–Crippen MR) is 159 cm³/mol. The molecule has 1 saturated heterocycles. The van der Waals surface area contributed by atoms with E-state index >= 15 is 0 Å². The fourth-order valence-electron chi connectivity index (χ4n) is 5.21. The molecule has 1 atom stereocenters. The van der Waals surface area contributed by atoms with Gasteiger partial charge in [-0.15, -0.1) is 11.3 Å². The van der Waals surface area contributed by atoms with Crippen molar-refractivity contribution in [3.05, 3.63) is 81.6 Å². The Balaban J connectivity index is 1.51. The van der Waals surface area contributed by atoms with Gasteiger partial charge >= 0.3 is 5.97 Å². The summed E-state index contributed by atoms with van der Waals surface area (Å²) in [6.45, 7) is 7.73. The number of hydrogen-bond acceptors (Lipinski definition) is 6. The van der Waals surface area contributed by atoms with Gasteiger partial charge in [-0.2, -0.15) is 0 Å². The summed E-state index contributed by atoms with van der Waals surface area (Å²) >= 11 is 7.87. The molecule has 1 unspecified atom stereocenters. The number of aromatic nitrogens is 3. The molecule has 7 nitrogen and oxygen atoms in total. The Kier molecular flexibility index (Phi) is 8.66. The molecule has 0 spiro atoms. The number of halogens is 1. The van der Waals surface area contributed by atoms with Crippen LogP contribution in [0.4, 0.5) is 0 Å². The molecule has 1 amide bonds. The number of rotatable bonds is 8. The van der Waals surface area contributed by atoms with Crippen molar-refractivity contribution in [2.45, 2.75) is 46.6 Å². The van der Waals surface area contributed by atoms with Gasteiger partial charge in [0.1, 0.15) is 5.01 Å². The second kappa shape index (κ2) is 12.4. The van der Waals surface area contributed by atoms with Crippen LogP contribution >= 0.6 is 22.9 Å². The molecule has 0 radical (unpaired) electrons. The van der Waals surface area contributed by atoms with Crippen molar-refractivity contribution in [3.8, 4) is 22.0 Å². The van der Waals surface area contributed by atoms with E-state index in [0.29, 0.717) is 36.8 Å². The Bertz CT molecular complexity index is 1530. The molecule has 4 aromatic rings. The van der Waals surface area contributed by atoms with E-state index in [1.165, 1.54) is 0 Å². The van der Waals surface area contributed by atoms with Crippen LogP contribution in [0.25, 0.3) is 22.0 Å². The minimum atomic E-state index is -0.291. The van der Waals surface area contributed by atoms with Crippen LogP contribution in [0.1, 0.15) is 54.0 Å². The van der Waals surface area contributed by atoms with E-state index in [9.17, 15) is 9.59 Å². The highest BCUT2D eigenvalue weighted by atomic mass is 35.5. The van der Waals surface area contributed by atoms with Gasteiger partial charge in [-0.1, -0.05) is 30.7 Å². The number of pyridine rings is 1. The van der Waals surface area contributed by atoms with E-state index in [1.807, 2.05) is 54.9 Å². The first kappa shape index (κ1) is 28.1. The van der Waals surface area contributed by atoms with Crippen LogP contribution in [0.2, 0.25) is 5.02 Å². The molecule has 9 heteroatoms. The molecule has 208 valence electrons. The quantitative estimate of drug-likeness (QED) is 0.219. The fourth-order valence-corrected chi connectivity index (χ4v) is 6.23. The number of hydrogen-bond donors (Lipinski definition) is 0. The monoisotopic (exact) mass is 576 g/mol. The Labute approximate surface area is 243 Å². The molecule has 40 heavy (non-hydrogen) atoms. The average Bonchev–Trinajstić information content (AvgIpc) is 3.58. The molecule has 4 heterocycles. The van der Waals surface area contributed by atoms with Gasteiger partial charge in [-0.05, 0) is 69.0 Å². The van der Waals surface area contributed by atoms with E-state index in [4.69, 9.17) is 21.3 Å². The molecule has 0 bridgehead atoms. The normalized spacial score (nSPS) is 15.3. The number of aryl methyl sites for hydroxylation is 1. The Morgan fingerprint density at radius 3 is 2.80 bits per heavy atom. The highest BCUT2D eigenvalue weighted by molar-refractivity contribution is 7.13. The van der Waals surface area contributed by atoms with Crippen molar-refractivity contribution in [1.29, 1.82) is 0 Å². The SMILES string of the molecule is CCOC(=O)C1CCCN(C(=O)c2cc(-c3csc(-c4ccnc(CC)c4)n3)n(Cc3cccc(Cl)c3)c2C)C1. The Morgan fingerprint density at radius 2 is 2.02 bits per heavy atom. The number of piperidine rings is 1. The summed E-state index contributed by atoms with van der Waals surface area (Å²) in [5, 5.41) is 3.61. The van der Waals surface area contributed by atoms with Crippen LogP contribution in [-0.4, -0.2) is 51.0 Å². The number of ether oxygens (including phenoxy) is 1. The van der Waals surface area contributed by atoms with Crippen molar-refractivity contribution in [2.75, 3.05) is 19.7 Å². The largest absolute Gasteiger partial charge is 0.466 e. The van der Waals surface area contributed by atoms with Crippen LogP contribution in [0.3, 0.4) is 0 Å². The maximum atomic E-state index is 13.9. The van der Waals surface area contributed by atoms with Gasteiger partial charge in [0.25, 0.3) is 5.91 Å². The number of likely N-dealkylation sites (tertiary alicyclic amines) is 1. The lowest BCUT2D eigenvalue weighted by Gasteiger charge is -2.31. The summed E-state index contributed by atoms with van der Waals surface area (Å²) < 4.78 is 7.38. The lowest BCUT2D eigenvalue weighted by Crippen LogP contribution is -2.43. The summed E-state index contributed by atoms with van der Waals surface area (Å²) in [5.41, 5.74) is 6.23. The molecule has 0 saturated carbocycles. The zero-order chi connectivity index (χ0) is 28.2. The van der Waals surface area contributed by atoms with E-state index < -0.39 is 0 Å². The molecule has 1 aliphatic rings. The third-order valence-electron chi connectivity index (χ3n) is 7.35. The maximum absolute atomic E-state index is 13.9. The number of esters is 1. The van der Waals surface area contributed by atoms with E-state index in [2.05, 4.69) is 22.5 Å². The van der Waals surface area contributed by atoms with Crippen LogP contribution < -0.4 is 0 Å². The van der Waals surface area contributed by atoms with Gasteiger partial charge in [-0.3, -0.25) is 14.6 Å². The van der Waals surface area contributed by atoms with Crippen molar-refractivity contribution < 1.29 is 14.3 Å². The summed E-state index contributed by atoms with van der Waals surface area (Å²) in [7, 11) is 0. The molecule has 0 N–H and O–H groups in total. The molecular weight excluding hydrogens is 544 g/mol. The molecule has 0 aliphatic carbocycles. The summed E-state index contributed by atoms with van der Waals surface area (Å²) in [6, 6.07) is 13.7. The predicted octanol–water partition coefficient (Wildman–Crippen LogP) is 6.66. The zero-order valence-corrected chi connectivity index (χ0v) is 24.6. The molecule has 3 aromatic heterocycles. The standard InChI is InChI=1S/C31H33ClN4O3S/c1-4-25-15-22(11-12-33-25)29-34-27(19-40-29)28-16-26(20(3)36(28)17-21-8-6-10-24(32)14-21)30(37)35-13-7-9-23(18-35)31(38)39-5-2/h6,8,10-12,14-16,19,23H,4-5,7,9,13,17-18H2,1-3H3. The molecule has 1 fully saturated rings. The maximum Gasteiger partial charge on any atom is 0.310 e. The third kappa shape index (κ3) is 5.98. The lowest BCUT2D eigenvalue weighted by atomic mass is 9.97. The number of nitrogens with zero attached hydrogens (tertiary/aromatic N) is 4. The summed E-state index contributed by atoms with van der Waals surface area (Å²) in [5.74, 6) is -0.594. The van der Waals surface area contributed by atoms with Gasteiger partial charge < -0.3 is 14.2 Å². The van der Waals surface area contributed by atoms with Crippen molar-refractivity contribution in [3.63, 3.8) is 0 Å². The number of carbonyl (C=O) groups excluding carboxylic acids is 2. The second-order valence-corrected chi connectivity index (χ2v) is 11.3. The average molecular weight is 577 g/mol. The van der Waals surface area contributed by atoms with E-state index in [1.54, 1.807) is 23.2 Å². The van der Waals surface area contributed by atoms with E-state index in [0.717, 1.165) is 58.2 Å². The Hall–Kier alpha value is -3.49. The molecular formula is C31H33ClN4O3S. The van der Waals surface area contributed by atoms with Gasteiger partial charge in [0.2, 0.25) is 0 Å². The minimum Gasteiger partial charge on any atom is -0.466 e. The molecule has 5 rings (SSSR count). The lowest BCUT2D eigenvalue weighted by molar-refractivity contribution is -0.149. The first-order chi connectivity index (χ1) is 19.4. The van der Waals surface area contributed by atoms with E-state index in [-0.39, 0.29) is 17.8 Å². The topological polar surface area (TPSA) is 77.3 Å². The van der Waals surface area contributed by atoms with Gasteiger partial charge in [0, 0.05) is 53.2 Å². The van der Waals surface area contributed by atoms with Crippen LogP contribution in [0.15, 0.2) is 54.0 Å². The first-order valence-corrected chi connectivity index (χ1v) is 14.9. The van der Waals surface area contributed by atoms with Crippen LogP contribution in [0, 0.1) is 12.8 Å². The van der Waals surface area contributed by atoms with Crippen LogP contribution in [0.5, 0.6) is 0 Å². The van der Waals surface area contributed by atoms with Gasteiger partial charge in [-0.25, -0.2) is 4.98 Å². The molecule has 1 aromatic carbocycles. The smallest absolute Gasteiger partial charge is 0.310 e. The summed E-state index contributed by atoms with van der Waals surface area (Å²) in [4.78, 5) is 37.5. The van der Waals surface area contributed by atoms with Crippen LogP contribution in [-0.2, 0) is 22.5 Å². The van der Waals surface area contributed by atoms with Crippen molar-refractivity contribution in [2.24, 2.45) is 5.92 Å².